The molecule has 0 bridgehead atoms. The second-order valence-corrected chi connectivity index (χ2v) is 6.51. The molecule has 0 spiro atoms. The normalized spacial score (nSPS) is 10.4. The quantitative estimate of drug-likeness (QED) is 0.578. The number of methoxy groups -OCH3 is 1. The van der Waals surface area contributed by atoms with Crippen LogP contribution in [0.25, 0.3) is 0 Å². The molecule has 0 aliphatic carbocycles. The van der Waals surface area contributed by atoms with Crippen molar-refractivity contribution in [1.82, 2.24) is 4.98 Å². The molecule has 2 N–H and O–H groups in total. The number of halogens is 1. The fourth-order valence-electron chi connectivity index (χ4n) is 2.80. The van der Waals surface area contributed by atoms with Crippen molar-refractivity contribution < 1.29 is 23.9 Å². The van der Waals surface area contributed by atoms with Gasteiger partial charge in [-0.25, -0.2) is 4.79 Å². The minimum absolute atomic E-state index is 0.150. The Kier molecular flexibility index (Phi) is 6.28. The van der Waals surface area contributed by atoms with Gasteiger partial charge in [-0.1, -0.05) is 11.6 Å². The first kappa shape index (κ1) is 20.5. The molecule has 0 radical (unpaired) electrons. The molecule has 27 heavy (non-hydrogen) atoms. The lowest BCUT2D eigenvalue weighted by molar-refractivity contribution is -0.119. The van der Waals surface area contributed by atoms with E-state index in [-0.39, 0.29) is 11.5 Å². The van der Waals surface area contributed by atoms with Crippen LogP contribution in [0, 0.1) is 20.8 Å². The summed E-state index contributed by atoms with van der Waals surface area (Å²) in [7, 11) is 1.46. The van der Waals surface area contributed by atoms with Gasteiger partial charge in [0.15, 0.2) is 12.4 Å². The van der Waals surface area contributed by atoms with Gasteiger partial charge in [-0.05, 0) is 44.9 Å². The molecule has 0 aliphatic heterocycles. The summed E-state index contributed by atoms with van der Waals surface area (Å²) in [5, 5.41) is 3.13. The van der Waals surface area contributed by atoms with Crippen molar-refractivity contribution in [3.05, 3.63) is 45.2 Å². The molecule has 0 fully saturated rings. The highest BCUT2D eigenvalue weighted by Gasteiger charge is 2.21. The molecular formula is C19H21ClN2O5. The zero-order valence-corrected chi connectivity index (χ0v) is 16.5. The van der Waals surface area contributed by atoms with Crippen molar-refractivity contribution in [1.29, 1.82) is 0 Å². The Labute approximate surface area is 162 Å². The van der Waals surface area contributed by atoms with Gasteiger partial charge in [0.2, 0.25) is 0 Å². The number of nitrogens with one attached hydrogen (secondary N) is 2. The van der Waals surface area contributed by atoms with Gasteiger partial charge >= 0.3 is 5.97 Å². The Hall–Kier alpha value is -2.80. The maximum atomic E-state index is 12.2. The molecule has 0 aliphatic rings. The molecule has 0 saturated carbocycles. The maximum Gasteiger partial charge on any atom is 0.355 e. The summed E-state index contributed by atoms with van der Waals surface area (Å²) in [5.74, 6) is -0.996. The Bertz CT molecular complexity index is 917. The van der Waals surface area contributed by atoms with E-state index in [9.17, 15) is 14.4 Å². The third kappa shape index (κ3) is 4.49. The predicted octanol–water partition coefficient (Wildman–Crippen LogP) is 3.60. The lowest BCUT2D eigenvalue weighted by atomic mass is 10.1. The number of ketones is 1. The van der Waals surface area contributed by atoms with Gasteiger partial charge in [0, 0.05) is 22.3 Å². The fraction of sp³-hybridized carbons (Fsp3) is 0.316. The molecule has 1 aromatic carbocycles. The van der Waals surface area contributed by atoms with Crippen molar-refractivity contribution in [3.63, 3.8) is 0 Å². The highest BCUT2D eigenvalue weighted by molar-refractivity contribution is 6.31. The molecule has 144 valence electrons. The molecule has 0 atom stereocenters. The number of aryl methyl sites for hydroxylation is 2. The van der Waals surface area contributed by atoms with Crippen molar-refractivity contribution in [2.45, 2.75) is 27.7 Å². The van der Waals surface area contributed by atoms with E-state index in [2.05, 4.69) is 10.3 Å². The monoisotopic (exact) mass is 392 g/mol. The van der Waals surface area contributed by atoms with Crippen LogP contribution in [-0.2, 0) is 9.53 Å². The first-order valence-electron chi connectivity index (χ1n) is 8.16. The summed E-state index contributed by atoms with van der Waals surface area (Å²) in [5.41, 5.74) is 2.88. The molecule has 0 unspecified atom stereocenters. The van der Waals surface area contributed by atoms with Crippen LogP contribution in [0.2, 0.25) is 5.02 Å². The van der Waals surface area contributed by atoms with Gasteiger partial charge in [0.1, 0.15) is 11.4 Å². The zero-order valence-electron chi connectivity index (χ0n) is 15.8. The number of Topliss-reactive ketones (excluding diaryl/α,β-unsaturated/α-hetero) is 1. The number of rotatable bonds is 6. The van der Waals surface area contributed by atoms with Crippen molar-refractivity contribution in [2.75, 3.05) is 19.0 Å². The average molecular weight is 393 g/mol. The second-order valence-electron chi connectivity index (χ2n) is 6.11. The lowest BCUT2D eigenvalue weighted by Crippen LogP contribution is -2.21. The van der Waals surface area contributed by atoms with Crippen LogP contribution in [0.5, 0.6) is 5.75 Å². The van der Waals surface area contributed by atoms with Crippen molar-refractivity contribution >= 4 is 34.9 Å². The van der Waals surface area contributed by atoms with Crippen LogP contribution < -0.4 is 10.1 Å². The number of hydrogen-bond acceptors (Lipinski definition) is 5. The maximum absolute atomic E-state index is 12.2. The topological polar surface area (TPSA) is 97.5 Å². The number of aromatic nitrogens is 1. The Morgan fingerprint density at radius 1 is 1.19 bits per heavy atom. The Morgan fingerprint density at radius 3 is 2.41 bits per heavy atom. The van der Waals surface area contributed by atoms with Crippen LogP contribution >= 0.6 is 11.6 Å². The molecule has 7 nitrogen and oxygen atoms in total. The minimum atomic E-state index is -0.711. The molecule has 1 heterocycles. The average Bonchev–Trinajstić information content (AvgIpc) is 2.90. The molecule has 2 rings (SSSR count). The van der Waals surface area contributed by atoms with Crippen LogP contribution in [0.15, 0.2) is 12.1 Å². The molecular weight excluding hydrogens is 372 g/mol. The van der Waals surface area contributed by atoms with Crippen LogP contribution in [0.4, 0.5) is 5.69 Å². The highest BCUT2D eigenvalue weighted by atomic mass is 35.5. The standard InChI is InChI=1S/C19H21ClN2O5/c1-9-6-14(15(26-5)7-13(9)20)22-16(24)8-27-19(25)18-10(2)17(12(4)23)11(3)21-18/h6-7,21H,8H2,1-5H3,(H,22,24). The van der Waals surface area contributed by atoms with E-state index in [4.69, 9.17) is 21.1 Å². The van der Waals surface area contributed by atoms with Gasteiger partial charge in [-0.3, -0.25) is 9.59 Å². The number of amides is 1. The van der Waals surface area contributed by atoms with Gasteiger partial charge in [-0.15, -0.1) is 0 Å². The predicted molar refractivity (Wildman–Crippen MR) is 102 cm³/mol. The van der Waals surface area contributed by atoms with E-state index >= 15 is 0 Å². The van der Waals surface area contributed by atoms with Gasteiger partial charge in [0.05, 0.1) is 12.8 Å². The third-order valence-corrected chi connectivity index (χ3v) is 4.49. The number of aromatic amines is 1. The van der Waals surface area contributed by atoms with Crippen LogP contribution in [0.3, 0.4) is 0 Å². The number of carbonyl (C=O) groups is 3. The minimum Gasteiger partial charge on any atom is -0.495 e. The van der Waals surface area contributed by atoms with E-state index in [1.807, 2.05) is 0 Å². The number of benzene rings is 1. The fourth-order valence-corrected chi connectivity index (χ4v) is 2.96. The zero-order chi connectivity index (χ0) is 20.3. The summed E-state index contributed by atoms with van der Waals surface area (Å²) in [6.07, 6.45) is 0. The number of H-pyrrole nitrogens is 1. The number of ether oxygens (including phenoxy) is 2. The second kappa shape index (κ2) is 8.26. The summed E-state index contributed by atoms with van der Waals surface area (Å²) >= 11 is 6.03. The largest absolute Gasteiger partial charge is 0.495 e. The first-order chi connectivity index (χ1) is 12.6. The molecule has 8 heteroatoms. The summed E-state index contributed by atoms with van der Waals surface area (Å²) in [6.45, 7) is 6.07. The van der Waals surface area contributed by atoms with Gasteiger partial charge < -0.3 is 19.8 Å². The van der Waals surface area contributed by atoms with Crippen LogP contribution in [-0.4, -0.2) is 36.4 Å². The van der Waals surface area contributed by atoms with E-state index in [0.717, 1.165) is 5.56 Å². The highest BCUT2D eigenvalue weighted by Crippen LogP contribution is 2.30. The summed E-state index contributed by atoms with van der Waals surface area (Å²) < 4.78 is 10.2. The van der Waals surface area contributed by atoms with E-state index in [0.29, 0.717) is 33.3 Å². The number of esters is 1. The van der Waals surface area contributed by atoms with Gasteiger partial charge in [0.25, 0.3) is 5.91 Å². The molecule has 1 amide bonds. The van der Waals surface area contributed by atoms with Crippen LogP contribution in [0.1, 0.15) is 44.6 Å². The lowest BCUT2D eigenvalue weighted by Gasteiger charge is -2.12. The Balaban J connectivity index is 2.06. The Morgan fingerprint density at radius 2 is 1.85 bits per heavy atom. The van der Waals surface area contributed by atoms with Crippen molar-refractivity contribution in [2.24, 2.45) is 0 Å². The first-order valence-corrected chi connectivity index (χ1v) is 8.54. The summed E-state index contributed by atoms with van der Waals surface area (Å²) in [4.78, 5) is 38.9. The number of anilines is 1. The smallest absolute Gasteiger partial charge is 0.355 e. The third-order valence-electron chi connectivity index (χ3n) is 4.08. The SMILES string of the molecule is COc1cc(Cl)c(C)cc1NC(=O)COC(=O)c1[nH]c(C)c(C(C)=O)c1C. The number of hydrogen-bond donors (Lipinski definition) is 2. The number of carbonyl (C=O) groups excluding carboxylic acids is 3. The van der Waals surface area contributed by atoms with Crippen molar-refractivity contribution in [3.8, 4) is 5.75 Å². The van der Waals surface area contributed by atoms with Gasteiger partial charge in [-0.2, -0.15) is 0 Å². The molecule has 2 aromatic rings. The van der Waals surface area contributed by atoms with E-state index < -0.39 is 18.5 Å². The van der Waals surface area contributed by atoms with E-state index in [1.165, 1.54) is 14.0 Å². The molecule has 0 saturated heterocycles. The summed E-state index contributed by atoms with van der Waals surface area (Å²) in [6, 6.07) is 3.26. The van der Waals surface area contributed by atoms with E-state index in [1.54, 1.807) is 32.9 Å². The molecule has 1 aromatic heterocycles.